The Kier molecular flexibility index (Phi) is 7.19. The van der Waals surface area contributed by atoms with E-state index in [1.807, 2.05) is 6.92 Å². The van der Waals surface area contributed by atoms with Crippen LogP contribution < -0.4 is 0 Å². The number of aromatic nitrogens is 8. The Morgan fingerprint density at radius 3 is 2.44 bits per heavy atom. The first-order chi connectivity index (χ1) is 19.5. The van der Waals surface area contributed by atoms with Crippen LogP contribution >= 0.6 is 0 Å². The number of aliphatic imine (C=N–C) groups is 1. The molecule has 4 heterocycles. The van der Waals surface area contributed by atoms with E-state index in [4.69, 9.17) is 0 Å². The summed E-state index contributed by atoms with van der Waals surface area (Å²) in [6.07, 6.45) is 2.53. The largest absolute Gasteiger partial charge is 0.451 e. The van der Waals surface area contributed by atoms with Crippen LogP contribution in [-0.2, 0) is 6.18 Å². The molecule has 0 saturated heterocycles. The average Bonchev–Trinajstić information content (AvgIpc) is 3.49. The summed E-state index contributed by atoms with van der Waals surface area (Å²) in [7, 11) is 3.56. The smallest absolute Gasteiger partial charge is 0.369 e. The number of halogens is 5. The van der Waals surface area contributed by atoms with Gasteiger partial charge in [-0.15, -0.1) is 5.10 Å². The lowest BCUT2D eigenvalue weighted by Crippen LogP contribution is -2.12. The molecule has 15 heteroatoms. The molecule has 4 aromatic heterocycles. The number of fused-ring (bicyclic) bond motifs is 1. The molecular formula is C26H23F5N10. The van der Waals surface area contributed by atoms with E-state index in [1.165, 1.54) is 23.4 Å². The van der Waals surface area contributed by atoms with Gasteiger partial charge >= 0.3 is 6.18 Å². The molecule has 0 spiro atoms. The van der Waals surface area contributed by atoms with Crippen molar-refractivity contribution in [2.45, 2.75) is 32.5 Å². The Bertz CT molecular complexity index is 1740. The van der Waals surface area contributed by atoms with Crippen LogP contribution in [0.5, 0.6) is 0 Å². The van der Waals surface area contributed by atoms with E-state index in [0.29, 0.717) is 40.0 Å². The van der Waals surface area contributed by atoms with Gasteiger partial charge in [-0.3, -0.25) is 0 Å². The molecule has 1 atom stereocenters. The molecule has 41 heavy (non-hydrogen) atoms. The van der Waals surface area contributed by atoms with E-state index in [9.17, 15) is 22.0 Å². The molecule has 10 nitrogen and oxygen atoms in total. The SMILES string of the molecule is CCC(c1nnn(-c2ccc(F)cc2F)c1C)n1cc(-c2cnc(C(F)(F)F)nc2)c2c(N=CN(C)C)ncnc21. The highest BCUT2D eigenvalue weighted by Crippen LogP contribution is 2.39. The second-order valence-corrected chi connectivity index (χ2v) is 9.34. The summed E-state index contributed by atoms with van der Waals surface area (Å²) < 4.78 is 70.5. The molecule has 1 unspecified atom stereocenters. The van der Waals surface area contributed by atoms with Crippen LogP contribution in [-0.4, -0.2) is 64.8 Å². The predicted molar refractivity (Wildman–Crippen MR) is 140 cm³/mol. The summed E-state index contributed by atoms with van der Waals surface area (Å²) in [6.45, 7) is 3.61. The third-order valence-electron chi connectivity index (χ3n) is 6.32. The van der Waals surface area contributed by atoms with E-state index >= 15 is 0 Å². The molecule has 1 aromatic carbocycles. The van der Waals surface area contributed by atoms with Crippen molar-refractivity contribution in [1.29, 1.82) is 0 Å². The van der Waals surface area contributed by atoms with E-state index in [1.54, 1.807) is 36.7 Å². The molecule has 0 amide bonds. The van der Waals surface area contributed by atoms with Crippen molar-refractivity contribution in [2.24, 2.45) is 4.99 Å². The van der Waals surface area contributed by atoms with Crippen molar-refractivity contribution < 1.29 is 22.0 Å². The number of benzene rings is 1. The van der Waals surface area contributed by atoms with E-state index < -0.39 is 29.7 Å². The Labute approximate surface area is 230 Å². The quantitative estimate of drug-likeness (QED) is 0.149. The lowest BCUT2D eigenvalue weighted by Gasteiger charge is -2.17. The molecule has 0 fully saturated rings. The van der Waals surface area contributed by atoms with Crippen LogP contribution in [0, 0.1) is 18.6 Å². The third-order valence-corrected chi connectivity index (χ3v) is 6.32. The molecule has 0 bridgehead atoms. The summed E-state index contributed by atoms with van der Waals surface area (Å²) >= 11 is 0. The molecule has 0 saturated carbocycles. The second kappa shape index (κ2) is 10.6. The van der Waals surface area contributed by atoms with Crippen LogP contribution in [0.15, 0.2) is 48.1 Å². The number of nitrogens with zero attached hydrogens (tertiary/aromatic N) is 10. The first kappa shape index (κ1) is 27.7. The van der Waals surface area contributed by atoms with Crippen LogP contribution in [0.2, 0.25) is 0 Å². The minimum atomic E-state index is -4.70. The normalized spacial score (nSPS) is 12.9. The minimum Gasteiger partial charge on any atom is -0.369 e. The van der Waals surface area contributed by atoms with Crippen molar-refractivity contribution in [3.05, 3.63) is 72.0 Å². The first-order valence-electron chi connectivity index (χ1n) is 12.3. The maximum Gasteiger partial charge on any atom is 0.451 e. The van der Waals surface area contributed by atoms with Gasteiger partial charge in [-0.05, 0) is 25.5 Å². The van der Waals surface area contributed by atoms with Crippen molar-refractivity contribution in [3.8, 4) is 16.8 Å². The molecule has 0 aliphatic heterocycles. The lowest BCUT2D eigenvalue weighted by molar-refractivity contribution is -0.144. The van der Waals surface area contributed by atoms with Crippen LogP contribution in [0.25, 0.3) is 27.8 Å². The second-order valence-electron chi connectivity index (χ2n) is 9.34. The Morgan fingerprint density at radius 2 is 1.80 bits per heavy atom. The van der Waals surface area contributed by atoms with Gasteiger partial charge in [0.25, 0.3) is 0 Å². The number of rotatable bonds is 7. The highest BCUT2D eigenvalue weighted by Gasteiger charge is 2.34. The molecule has 5 aromatic rings. The van der Waals surface area contributed by atoms with Crippen LogP contribution in [0.3, 0.4) is 0 Å². The van der Waals surface area contributed by atoms with Gasteiger partial charge in [0.2, 0.25) is 5.82 Å². The van der Waals surface area contributed by atoms with Gasteiger partial charge in [-0.2, -0.15) is 13.2 Å². The summed E-state index contributed by atoms with van der Waals surface area (Å²) in [5.41, 5.74) is 2.19. The molecule has 5 rings (SSSR count). The van der Waals surface area contributed by atoms with E-state index in [-0.39, 0.29) is 11.5 Å². The Morgan fingerprint density at radius 1 is 1.07 bits per heavy atom. The average molecular weight is 571 g/mol. The minimum absolute atomic E-state index is 0.0279. The van der Waals surface area contributed by atoms with Crippen LogP contribution in [0.4, 0.5) is 27.8 Å². The standard InChI is InChI=1S/C26H23F5N10/c1-5-19(22-14(2)41(38-37-22)20-7-6-16(27)8-18(20)28)40-11-17(15-9-32-25(33-10-15)26(29,30)31)21-23(36-13-39(3)4)34-12-35-24(21)40/h6-13,19H,5H2,1-4H3. The number of hydrogen-bond donors (Lipinski definition) is 0. The molecular weight excluding hydrogens is 547 g/mol. The predicted octanol–water partition coefficient (Wildman–Crippen LogP) is 5.30. The van der Waals surface area contributed by atoms with Gasteiger partial charge in [0, 0.05) is 49.9 Å². The van der Waals surface area contributed by atoms with Gasteiger partial charge in [0.05, 0.1) is 23.5 Å². The Balaban J connectivity index is 1.69. The summed E-state index contributed by atoms with van der Waals surface area (Å²) in [6, 6.07) is 2.67. The lowest BCUT2D eigenvalue weighted by atomic mass is 10.1. The molecule has 0 N–H and O–H groups in total. The monoisotopic (exact) mass is 570 g/mol. The highest BCUT2D eigenvalue weighted by atomic mass is 19.4. The summed E-state index contributed by atoms with van der Waals surface area (Å²) in [5, 5.41) is 8.89. The number of alkyl halides is 3. The fourth-order valence-electron chi connectivity index (χ4n) is 4.46. The van der Waals surface area contributed by atoms with Gasteiger partial charge in [0.1, 0.15) is 29.2 Å². The summed E-state index contributed by atoms with van der Waals surface area (Å²) in [5.74, 6) is -2.51. The van der Waals surface area contributed by atoms with Crippen molar-refractivity contribution in [3.63, 3.8) is 0 Å². The van der Waals surface area contributed by atoms with Gasteiger partial charge < -0.3 is 9.47 Å². The maximum atomic E-state index is 14.6. The van der Waals surface area contributed by atoms with E-state index in [0.717, 1.165) is 24.5 Å². The van der Waals surface area contributed by atoms with Crippen LogP contribution in [0.1, 0.15) is 36.6 Å². The zero-order valence-corrected chi connectivity index (χ0v) is 22.3. The topological polar surface area (TPSA) is 103 Å². The summed E-state index contributed by atoms with van der Waals surface area (Å²) in [4.78, 5) is 21.9. The van der Waals surface area contributed by atoms with Gasteiger partial charge in [-0.25, -0.2) is 38.4 Å². The van der Waals surface area contributed by atoms with Crippen molar-refractivity contribution >= 4 is 23.2 Å². The van der Waals surface area contributed by atoms with Gasteiger partial charge in [0.15, 0.2) is 11.6 Å². The zero-order valence-electron chi connectivity index (χ0n) is 22.3. The molecule has 212 valence electrons. The maximum absolute atomic E-state index is 14.6. The highest BCUT2D eigenvalue weighted by molar-refractivity contribution is 6.01. The number of hydrogen-bond acceptors (Lipinski definition) is 7. The first-order valence-corrected chi connectivity index (χ1v) is 12.3. The molecule has 0 radical (unpaired) electrons. The van der Waals surface area contributed by atoms with Gasteiger partial charge in [-0.1, -0.05) is 12.1 Å². The Hall–Kier alpha value is -4.82. The van der Waals surface area contributed by atoms with Crippen molar-refractivity contribution in [2.75, 3.05) is 14.1 Å². The fourth-order valence-corrected chi connectivity index (χ4v) is 4.46. The third kappa shape index (κ3) is 5.21. The molecule has 0 aliphatic rings. The fraction of sp³-hybridized carbons (Fsp3) is 0.269. The molecule has 0 aliphatic carbocycles. The zero-order chi connectivity index (χ0) is 29.5. The van der Waals surface area contributed by atoms with E-state index in [2.05, 4.69) is 35.2 Å². The van der Waals surface area contributed by atoms with Crippen molar-refractivity contribution in [1.82, 2.24) is 44.4 Å².